The Labute approximate surface area is 110 Å². The van der Waals surface area contributed by atoms with Gasteiger partial charge < -0.3 is 5.32 Å². The summed E-state index contributed by atoms with van der Waals surface area (Å²) in [4.78, 5) is 14.3. The summed E-state index contributed by atoms with van der Waals surface area (Å²) in [5.41, 5.74) is 1.15. The normalized spacial score (nSPS) is 10.6. The van der Waals surface area contributed by atoms with Crippen molar-refractivity contribution in [2.24, 2.45) is 0 Å². The van der Waals surface area contributed by atoms with Crippen LogP contribution in [-0.4, -0.2) is 26.7 Å². The van der Waals surface area contributed by atoms with Crippen molar-refractivity contribution in [2.45, 2.75) is 19.5 Å². The van der Waals surface area contributed by atoms with Crippen molar-refractivity contribution in [3.8, 4) is 0 Å². The molecule has 7 heteroatoms. The monoisotopic (exact) mass is 261 g/mol. The first-order chi connectivity index (χ1) is 9.20. The first-order valence-electron chi connectivity index (χ1n) is 5.95. The van der Waals surface area contributed by atoms with Crippen molar-refractivity contribution in [3.63, 3.8) is 0 Å². The van der Waals surface area contributed by atoms with Crippen molar-refractivity contribution in [1.82, 2.24) is 20.1 Å². The minimum Gasteiger partial charge on any atom is -0.313 e. The van der Waals surface area contributed by atoms with Crippen LogP contribution in [0.25, 0.3) is 0 Å². The smallest absolute Gasteiger partial charge is 0.269 e. The molecule has 0 saturated carbocycles. The maximum Gasteiger partial charge on any atom is 0.269 e. The van der Waals surface area contributed by atoms with Gasteiger partial charge in [0.2, 0.25) is 0 Å². The van der Waals surface area contributed by atoms with Crippen LogP contribution in [0.15, 0.2) is 30.6 Å². The number of nitrogens with zero attached hydrogens (tertiary/aromatic N) is 4. The predicted molar refractivity (Wildman–Crippen MR) is 69.6 cm³/mol. The van der Waals surface area contributed by atoms with Crippen LogP contribution in [0.5, 0.6) is 0 Å². The van der Waals surface area contributed by atoms with Crippen LogP contribution in [-0.2, 0) is 19.5 Å². The maximum absolute atomic E-state index is 10.5. The summed E-state index contributed by atoms with van der Waals surface area (Å²) in [5, 5.41) is 17.7. The van der Waals surface area contributed by atoms with Crippen LogP contribution in [0.1, 0.15) is 11.4 Å². The number of aromatic nitrogens is 3. The molecule has 0 aliphatic heterocycles. The second-order valence-corrected chi connectivity index (χ2v) is 4.10. The molecule has 0 bridgehead atoms. The molecule has 0 fully saturated rings. The second-order valence-electron chi connectivity index (χ2n) is 4.10. The van der Waals surface area contributed by atoms with E-state index in [2.05, 4.69) is 15.4 Å². The number of hydrogen-bond donors (Lipinski definition) is 1. The number of nitrogens with one attached hydrogen (secondary N) is 1. The fraction of sp³-hybridized carbons (Fsp3) is 0.333. The molecule has 100 valence electrons. The number of nitro groups is 1. The SMILES string of the molecule is CNCc1ncnn1CCc1ccc([N+](=O)[O-])cc1. The number of non-ortho nitro benzene ring substituents is 1. The van der Waals surface area contributed by atoms with Gasteiger partial charge in [-0.3, -0.25) is 10.1 Å². The molecule has 1 aromatic heterocycles. The van der Waals surface area contributed by atoms with E-state index in [-0.39, 0.29) is 5.69 Å². The van der Waals surface area contributed by atoms with Crippen molar-refractivity contribution in [1.29, 1.82) is 0 Å². The molecule has 1 N–H and O–H groups in total. The van der Waals surface area contributed by atoms with Crippen molar-refractivity contribution in [3.05, 3.63) is 52.1 Å². The Hall–Kier alpha value is -2.28. The second kappa shape index (κ2) is 6.05. The highest BCUT2D eigenvalue weighted by molar-refractivity contribution is 5.32. The zero-order valence-corrected chi connectivity index (χ0v) is 10.6. The summed E-state index contributed by atoms with van der Waals surface area (Å²) < 4.78 is 1.83. The highest BCUT2D eigenvalue weighted by Gasteiger charge is 2.06. The highest BCUT2D eigenvalue weighted by Crippen LogP contribution is 2.12. The lowest BCUT2D eigenvalue weighted by Crippen LogP contribution is -2.14. The maximum atomic E-state index is 10.5. The van der Waals surface area contributed by atoms with E-state index in [9.17, 15) is 10.1 Å². The summed E-state index contributed by atoms with van der Waals surface area (Å²) in [6.45, 7) is 1.37. The van der Waals surface area contributed by atoms with E-state index in [1.54, 1.807) is 12.1 Å². The summed E-state index contributed by atoms with van der Waals surface area (Å²) in [6.07, 6.45) is 2.29. The van der Waals surface area contributed by atoms with Crippen LogP contribution in [0, 0.1) is 10.1 Å². The summed E-state index contributed by atoms with van der Waals surface area (Å²) in [7, 11) is 1.86. The van der Waals surface area contributed by atoms with Crippen LogP contribution in [0.2, 0.25) is 0 Å². The fourth-order valence-corrected chi connectivity index (χ4v) is 1.79. The molecule has 2 rings (SSSR count). The van der Waals surface area contributed by atoms with E-state index in [1.165, 1.54) is 18.5 Å². The van der Waals surface area contributed by atoms with Crippen LogP contribution < -0.4 is 5.32 Å². The van der Waals surface area contributed by atoms with Gasteiger partial charge in [-0.15, -0.1) is 0 Å². The zero-order chi connectivity index (χ0) is 13.7. The molecule has 0 atom stereocenters. The van der Waals surface area contributed by atoms with Gasteiger partial charge >= 0.3 is 0 Å². The molecule has 7 nitrogen and oxygen atoms in total. The Bertz CT molecular complexity index is 550. The average Bonchev–Trinajstić information content (AvgIpc) is 2.85. The Morgan fingerprint density at radius 1 is 1.37 bits per heavy atom. The van der Waals surface area contributed by atoms with E-state index < -0.39 is 4.92 Å². The van der Waals surface area contributed by atoms with Gasteiger partial charge in [0.25, 0.3) is 5.69 Å². The third kappa shape index (κ3) is 3.35. The topological polar surface area (TPSA) is 85.9 Å². The molecular formula is C12H15N5O2. The van der Waals surface area contributed by atoms with Gasteiger partial charge in [0.1, 0.15) is 12.2 Å². The summed E-state index contributed by atoms with van der Waals surface area (Å²) in [5.74, 6) is 0.879. The molecule has 1 aromatic carbocycles. The Morgan fingerprint density at radius 2 is 2.11 bits per heavy atom. The quantitative estimate of drug-likeness (QED) is 0.622. The van der Waals surface area contributed by atoms with Crippen LogP contribution in [0.4, 0.5) is 5.69 Å². The standard InChI is InChI=1S/C12H15N5O2/c1-13-8-12-14-9-15-16(12)7-6-10-2-4-11(5-3-10)17(18)19/h2-5,9,13H,6-8H2,1H3. The first-order valence-corrected chi connectivity index (χ1v) is 5.95. The van der Waals surface area contributed by atoms with Crippen molar-refractivity contribution < 1.29 is 4.92 Å². The van der Waals surface area contributed by atoms with E-state index in [1.807, 2.05) is 11.7 Å². The van der Waals surface area contributed by atoms with E-state index in [0.717, 1.165) is 17.8 Å². The van der Waals surface area contributed by atoms with Gasteiger partial charge in [0.05, 0.1) is 11.5 Å². The molecule has 2 aromatic rings. The van der Waals surface area contributed by atoms with Crippen molar-refractivity contribution in [2.75, 3.05) is 7.05 Å². The molecule has 0 aliphatic carbocycles. The van der Waals surface area contributed by atoms with Gasteiger partial charge in [-0.1, -0.05) is 12.1 Å². The van der Waals surface area contributed by atoms with Gasteiger partial charge in [0.15, 0.2) is 0 Å². The summed E-state index contributed by atoms with van der Waals surface area (Å²) in [6, 6.07) is 6.58. The number of aryl methyl sites for hydroxylation is 2. The zero-order valence-electron chi connectivity index (χ0n) is 10.6. The van der Waals surface area contributed by atoms with Crippen molar-refractivity contribution >= 4 is 5.69 Å². The lowest BCUT2D eigenvalue weighted by Gasteiger charge is -2.05. The lowest BCUT2D eigenvalue weighted by molar-refractivity contribution is -0.384. The number of rotatable bonds is 6. The van der Waals surface area contributed by atoms with Gasteiger partial charge in [0, 0.05) is 18.7 Å². The molecule has 0 radical (unpaired) electrons. The molecule has 0 amide bonds. The average molecular weight is 261 g/mol. The lowest BCUT2D eigenvalue weighted by atomic mass is 10.1. The molecule has 0 spiro atoms. The Kier molecular flexibility index (Phi) is 4.19. The van der Waals surface area contributed by atoms with E-state index in [0.29, 0.717) is 13.1 Å². The number of benzene rings is 1. The Morgan fingerprint density at radius 3 is 2.74 bits per heavy atom. The fourth-order valence-electron chi connectivity index (χ4n) is 1.79. The molecule has 19 heavy (non-hydrogen) atoms. The Balaban J connectivity index is 1.98. The number of nitro benzene ring substituents is 1. The molecular weight excluding hydrogens is 246 g/mol. The van der Waals surface area contributed by atoms with Gasteiger partial charge in [-0.05, 0) is 19.0 Å². The first kappa shape index (κ1) is 13.2. The largest absolute Gasteiger partial charge is 0.313 e. The number of hydrogen-bond acceptors (Lipinski definition) is 5. The van der Waals surface area contributed by atoms with E-state index in [4.69, 9.17) is 0 Å². The minimum atomic E-state index is -0.397. The molecule has 0 saturated heterocycles. The molecule has 0 aliphatic rings. The van der Waals surface area contributed by atoms with Gasteiger partial charge in [-0.2, -0.15) is 5.10 Å². The minimum absolute atomic E-state index is 0.111. The molecule has 1 heterocycles. The van der Waals surface area contributed by atoms with Crippen LogP contribution >= 0.6 is 0 Å². The third-order valence-electron chi connectivity index (χ3n) is 2.79. The van der Waals surface area contributed by atoms with E-state index >= 15 is 0 Å². The molecule has 0 unspecified atom stereocenters. The summed E-state index contributed by atoms with van der Waals surface area (Å²) >= 11 is 0. The predicted octanol–water partition coefficient (Wildman–Crippen LogP) is 1.15. The van der Waals surface area contributed by atoms with Gasteiger partial charge in [-0.25, -0.2) is 9.67 Å². The highest BCUT2D eigenvalue weighted by atomic mass is 16.6. The third-order valence-corrected chi connectivity index (χ3v) is 2.79. The van der Waals surface area contributed by atoms with Crippen LogP contribution in [0.3, 0.4) is 0 Å².